The molecule has 14 heavy (non-hydrogen) atoms. The monoisotopic (exact) mass is 208 g/mol. The molecule has 1 aromatic carbocycles. The van der Waals surface area contributed by atoms with E-state index in [1.165, 1.54) is 0 Å². The summed E-state index contributed by atoms with van der Waals surface area (Å²) in [6.45, 7) is 0. The van der Waals surface area contributed by atoms with Crippen molar-refractivity contribution in [1.29, 1.82) is 0 Å². The third-order valence-corrected chi connectivity index (χ3v) is 2.06. The molecule has 0 aliphatic carbocycles. The SMILES string of the molecule is O[C@H](C#CCCCCl)c1ccccc1. The summed E-state index contributed by atoms with van der Waals surface area (Å²) in [6.07, 6.45) is 0.940. The molecule has 2 heteroatoms. The minimum Gasteiger partial charge on any atom is -0.376 e. The molecule has 0 saturated heterocycles. The minimum atomic E-state index is -0.675. The van der Waals surface area contributed by atoms with E-state index < -0.39 is 6.10 Å². The third-order valence-electron chi connectivity index (χ3n) is 1.79. The Morgan fingerprint density at radius 2 is 2.00 bits per heavy atom. The molecular weight excluding hydrogens is 196 g/mol. The number of halogens is 1. The maximum atomic E-state index is 9.61. The second-order valence-corrected chi connectivity index (χ2v) is 3.30. The molecule has 0 saturated carbocycles. The quantitative estimate of drug-likeness (QED) is 0.460. The Hall–Kier alpha value is -0.970. The fourth-order valence-corrected chi connectivity index (χ4v) is 1.18. The van der Waals surface area contributed by atoms with Crippen molar-refractivity contribution in [3.8, 4) is 11.8 Å². The zero-order valence-electron chi connectivity index (χ0n) is 7.91. The maximum absolute atomic E-state index is 9.61. The van der Waals surface area contributed by atoms with E-state index in [4.69, 9.17) is 11.6 Å². The molecular formula is C12H13ClO. The highest BCUT2D eigenvalue weighted by Gasteiger charge is 2.00. The van der Waals surface area contributed by atoms with Crippen LogP contribution in [-0.2, 0) is 0 Å². The second kappa shape index (κ2) is 6.48. The van der Waals surface area contributed by atoms with Crippen molar-refractivity contribution in [2.75, 3.05) is 5.88 Å². The molecule has 0 heterocycles. The number of hydrogen-bond donors (Lipinski definition) is 1. The number of alkyl halides is 1. The summed E-state index contributed by atoms with van der Waals surface area (Å²) in [5.74, 6) is 6.30. The van der Waals surface area contributed by atoms with Crippen LogP contribution < -0.4 is 0 Å². The summed E-state index contributed by atoms with van der Waals surface area (Å²) in [5, 5.41) is 9.61. The van der Waals surface area contributed by atoms with Crippen LogP contribution in [0.15, 0.2) is 30.3 Å². The number of aliphatic hydroxyl groups excluding tert-OH is 1. The molecule has 0 radical (unpaired) electrons. The van der Waals surface area contributed by atoms with Crippen LogP contribution in [0.2, 0.25) is 0 Å². The molecule has 0 amide bonds. The van der Waals surface area contributed by atoms with Crippen molar-refractivity contribution in [1.82, 2.24) is 0 Å². The van der Waals surface area contributed by atoms with E-state index in [0.717, 1.165) is 18.4 Å². The Morgan fingerprint density at radius 1 is 1.29 bits per heavy atom. The number of unbranched alkanes of at least 4 members (excludes halogenated alkanes) is 1. The first kappa shape index (κ1) is 11.1. The van der Waals surface area contributed by atoms with E-state index in [0.29, 0.717) is 5.88 Å². The van der Waals surface area contributed by atoms with Crippen LogP contribution in [0.3, 0.4) is 0 Å². The van der Waals surface area contributed by atoms with Gasteiger partial charge in [-0.05, 0) is 12.0 Å². The molecule has 0 aromatic heterocycles. The number of rotatable bonds is 3. The molecule has 74 valence electrons. The van der Waals surface area contributed by atoms with Gasteiger partial charge in [-0.15, -0.1) is 17.5 Å². The molecule has 0 aliphatic heterocycles. The second-order valence-electron chi connectivity index (χ2n) is 2.93. The van der Waals surface area contributed by atoms with Crippen LogP contribution in [0.25, 0.3) is 0 Å². The van der Waals surface area contributed by atoms with Crippen LogP contribution in [-0.4, -0.2) is 11.0 Å². The summed E-state index contributed by atoms with van der Waals surface area (Å²) < 4.78 is 0. The lowest BCUT2D eigenvalue weighted by molar-refractivity contribution is 0.238. The summed E-state index contributed by atoms with van der Waals surface area (Å²) in [4.78, 5) is 0. The van der Waals surface area contributed by atoms with Crippen molar-refractivity contribution in [3.63, 3.8) is 0 Å². The molecule has 0 spiro atoms. The van der Waals surface area contributed by atoms with Gasteiger partial charge in [0.2, 0.25) is 0 Å². The Kier molecular flexibility index (Phi) is 5.14. The highest BCUT2D eigenvalue weighted by Crippen LogP contribution is 2.10. The van der Waals surface area contributed by atoms with Crippen LogP contribution in [0.5, 0.6) is 0 Å². The Morgan fingerprint density at radius 3 is 2.64 bits per heavy atom. The van der Waals surface area contributed by atoms with Gasteiger partial charge in [-0.2, -0.15) is 0 Å². The van der Waals surface area contributed by atoms with Gasteiger partial charge in [-0.3, -0.25) is 0 Å². The minimum absolute atomic E-state index is 0.621. The first-order chi connectivity index (χ1) is 6.84. The van der Waals surface area contributed by atoms with Gasteiger partial charge in [-0.25, -0.2) is 0 Å². The normalized spacial score (nSPS) is 11.6. The van der Waals surface area contributed by atoms with Gasteiger partial charge in [-0.1, -0.05) is 36.3 Å². The third kappa shape index (κ3) is 3.83. The molecule has 1 aromatic rings. The van der Waals surface area contributed by atoms with Gasteiger partial charge >= 0.3 is 0 Å². The zero-order chi connectivity index (χ0) is 10.2. The van der Waals surface area contributed by atoms with E-state index in [2.05, 4.69) is 11.8 Å². The van der Waals surface area contributed by atoms with Crippen molar-refractivity contribution in [3.05, 3.63) is 35.9 Å². The van der Waals surface area contributed by atoms with Crippen LogP contribution in [0.1, 0.15) is 24.5 Å². The van der Waals surface area contributed by atoms with Gasteiger partial charge < -0.3 is 5.11 Å². The van der Waals surface area contributed by atoms with Gasteiger partial charge in [0.1, 0.15) is 6.10 Å². The topological polar surface area (TPSA) is 20.2 Å². The van der Waals surface area contributed by atoms with E-state index >= 15 is 0 Å². The van der Waals surface area contributed by atoms with Crippen LogP contribution in [0, 0.1) is 11.8 Å². The molecule has 0 unspecified atom stereocenters. The first-order valence-corrected chi connectivity index (χ1v) is 5.15. The Bertz CT molecular complexity index is 310. The Labute approximate surface area is 89.7 Å². The largest absolute Gasteiger partial charge is 0.376 e. The summed E-state index contributed by atoms with van der Waals surface area (Å²) in [7, 11) is 0. The average molecular weight is 209 g/mol. The van der Waals surface area contributed by atoms with Crippen molar-refractivity contribution in [2.45, 2.75) is 18.9 Å². The lowest BCUT2D eigenvalue weighted by atomic mass is 10.1. The zero-order valence-corrected chi connectivity index (χ0v) is 8.67. The fourth-order valence-electron chi connectivity index (χ4n) is 1.04. The smallest absolute Gasteiger partial charge is 0.140 e. The van der Waals surface area contributed by atoms with Crippen LogP contribution in [0.4, 0.5) is 0 Å². The molecule has 1 nitrogen and oxygen atoms in total. The molecule has 0 fully saturated rings. The van der Waals surface area contributed by atoms with E-state index in [-0.39, 0.29) is 0 Å². The highest BCUT2D eigenvalue weighted by atomic mass is 35.5. The highest BCUT2D eigenvalue weighted by molar-refractivity contribution is 6.17. The fraction of sp³-hybridized carbons (Fsp3) is 0.333. The van der Waals surface area contributed by atoms with Gasteiger partial charge in [0.05, 0.1) is 0 Å². The average Bonchev–Trinajstić information content (AvgIpc) is 2.25. The van der Waals surface area contributed by atoms with Crippen molar-refractivity contribution in [2.24, 2.45) is 0 Å². The summed E-state index contributed by atoms with van der Waals surface area (Å²) >= 11 is 5.50. The van der Waals surface area contributed by atoms with Gasteiger partial charge in [0.25, 0.3) is 0 Å². The van der Waals surface area contributed by atoms with Gasteiger partial charge in [0, 0.05) is 12.3 Å². The number of hydrogen-bond acceptors (Lipinski definition) is 1. The van der Waals surface area contributed by atoms with Crippen molar-refractivity contribution >= 4 is 11.6 Å². The predicted octanol–water partition coefficient (Wildman–Crippen LogP) is 2.74. The Balaban J connectivity index is 2.49. The number of aliphatic hydroxyl groups is 1. The number of benzene rings is 1. The molecule has 1 N–H and O–H groups in total. The van der Waals surface area contributed by atoms with E-state index in [1.807, 2.05) is 30.3 Å². The van der Waals surface area contributed by atoms with E-state index in [1.54, 1.807) is 0 Å². The molecule has 1 rings (SSSR count). The van der Waals surface area contributed by atoms with E-state index in [9.17, 15) is 5.11 Å². The van der Waals surface area contributed by atoms with Crippen molar-refractivity contribution < 1.29 is 5.11 Å². The molecule has 0 bridgehead atoms. The lowest BCUT2D eigenvalue weighted by Gasteiger charge is -2.01. The first-order valence-electron chi connectivity index (χ1n) is 4.62. The van der Waals surface area contributed by atoms with Gasteiger partial charge in [0.15, 0.2) is 0 Å². The summed E-state index contributed by atoms with van der Waals surface area (Å²) in [5.41, 5.74) is 0.839. The standard InChI is InChI=1S/C12H13ClO/c13-10-6-2-5-9-12(14)11-7-3-1-4-8-11/h1,3-4,7-8,12,14H,2,6,10H2/t12-/m1/s1. The van der Waals surface area contributed by atoms with Crippen LogP contribution >= 0.6 is 11.6 Å². The summed E-state index contributed by atoms with van der Waals surface area (Å²) in [6, 6.07) is 9.41. The maximum Gasteiger partial charge on any atom is 0.140 e. The lowest BCUT2D eigenvalue weighted by Crippen LogP contribution is -1.92. The molecule has 0 aliphatic rings. The molecule has 1 atom stereocenters. The predicted molar refractivity (Wildman–Crippen MR) is 59.1 cm³/mol.